The van der Waals surface area contributed by atoms with Gasteiger partial charge in [0, 0.05) is 21.5 Å². The molecule has 1 aliphatic rings. The van der Waals surface area contributed by atoms with E-state index < -0.39 is 17.8 Å². The van der Waals surface area contributed by atoms with Crippen LogP contribution in [0, 0.1) is 20.8 Å². The first-order chi connectivity index (χ1) is 16.5. The molecule has 10 heteroatoms. The van der Waals surface area contributed by atoms with Gasteiger partial charge in [0.15, 0.2) is 5.11 Å². The number of hydrogen-bond acceptors (Lipinski definition) is 4. The van der Waals surface area contributed by atoms with Crippen molar-refractivity contribution in [2.45, 2.75) is 20.8 Å². The zero-order valence-corrected chi connectivity index (χ0v) is 22.0. The first kappa shape index (κ1) is 24.8. The summed E-state index contributed by atoms with van der Waals surface area (Å²) in [6.45, 7) is 5.55. The third kappa shape index (κ3) is 4.54. The number of nitrogens with one attached hydrogen (secondary N) is 1. The number of nitrogens with zero attached hydrogens (tertiary/aromatic N) is 2. The summed E-state index contributed by atoms with van der Waals surface area (Å²) in [5.74, 6) is -2.22. The maximum atomic E-state index is 13.4. The van der Waals surface area contributed by atoms with E-state index in [4.69, 9.17) is 23.8 Å². The molecular weight excluding hydrogens is 554 g/mol. The second-order valence-corrected chi connectivity index (χ2v) is 9.73. The summed E-state index contributed by atoms with van der Waals surface area (Å²) in [4.78, 5) is 38.8. The van der Waals surface area contributed by atoms with Crippen molar-refractivity contribution in [2.75, 3.05) is 4.90 Å². The van der Waals surface area contributed by atoms with E-state index in [1.165, 1.54) is 17.0 Å². The molecule has 0 aliphatic carbocycles. The van der Waals surface area contributed by atoms with Gasteiger partial charge in [-0.15, -0.1) is 0 Å². The van der Waals surface area contributed by atoms with Gasteiger partial charge in [-0.3, -0.25) is 19.8 Å². The highest BCUT2D eigenvalue weighted by atomic mass is 79.9. The third-order valence-corrected chi connectivity index (χ3v) is 6.80. The highest BCUT2D eigenvalue weighted by Crippen LogP contribution is 2.30. The van der Waals surface area contributed by atoms with Crippen LogP contribution in [0.1, 0.15) is 32.9 Å². The molecule has 3 aromatic rings. The molecule has 0 radical (unpaired) electrons. The van der Waals surface area contributed by atoms with Crippen molar-refractivity contribution in [3.63, 3.8) is 0 Å². The fourth-order valence-electron chi connectivity index (χ4n) is 4.05. The first-order valence-electron chi connectivity index (χ1n) is 10.4. The SMILES string of the molecule is Cc1cc(Br)ccc1N1C(=O)/C(=C\c2cc(C)n(-c3ccc(C(=O)O)c(Cl)c3)c2C)C(=O)NC1=S. The van der Waals surface area contributed by atoms with Crippen LogP contribution >= 0.6 is 39.7 Å². The molecule has 1 fully saturated rings. The van der Waals surface area contributed by atoms with E-state index in [2.05, 4.69) is 21.2 Å². The Hall–Kier alpha value is -3.27. The average molecular weight is 573 g/mol. The minimum Gasteiger partial charge on any atom is -0.478 e. The lowest BCUT2D eigenvalue weighted by Gasteiger charge is -2.30. The van der Waals surface area contributed by atoms with E-state index in [-0.39, 0.29) is 21.3 Å². The first-order valence-corrected chi connectivity index (χ1v) is 12.0. The summed E-state index contributed by atoms with van der Waals surface area (Å²) in [6, 6.07) is 11.9. The lowest BCUT2D eigenvalue weighted by molar-refractivity contribution is -0.122. The van der Waals surface area contributed by atoms with Gasteiger partial charge in [0.25, 0.3) is 11.8 Å². The number of carbonyl (C=O) groups excluding carboxylic acids is 2. The van der Waals surface area contributed by atoms with Crippen LogP contribution in [-0.2, 0) is 9.59 Å². The van der Waals surface area contributed by atoms with Crippen molar-refractivity contribution in [1.82, 2.24) is 9.88 Å². The van der Waals surface area contributed by atoms with Gasteiger partial charge in [-0.25, -0.2) is 4.79 Å². The van der Waals surface area contributed by atoms with Crippen molar-refractivity contribution >= 4 is 74.4 Å². The number of aryl methyl sites for hydroxylation is 2. The Morgan fingerprint density at radius 3 is 2.46 bits per heavy atom. The fourth-order valence-corrected chi connectivity index (χ4v) is 5.05. The number of carboxylic acids is 1. The van der Waals surface area contributed by atoms with Crippen LogP contribution in [-0.4, -0.2) is 32.6 Å². The van der Waals surface area contributed by atoms with Crippen LogP contribution < -0.4 is 10.2 Å². The predicted molar refractivity (Wildman–Crippen MR) is 142 cm³/mol. The molecule has 0 atom stereocenters. The number of benzene rings is 2. The van der Waals surface area contributed by atoms with Gasteiger partial charge >= 0.3 is 5.97 Å². The number of halogens is 2. The molecule has 1 aliphatic heterocycles. The zero-order valence-electron chi connectivity index (χ0n) is 18.8. The summed E-state index contributed by atoms with van der Waals surface area (Å²) >= 11 is 14.9. The molecule has 4 rings (SSSR count). The Morgan fingerprint density at radius 2 is 1.83 bits per heavy atom. The Bertz CT molecular complexity index is 1480. The molecule has 0 saturated carbocycles. The molecule has 2 aromatic carbocycles. The van der Waals surface area contributed by atoms with E-state index in [1.54, 1.807) is 24.3 Å². The van der Waals surface area contributed by atoms with Crippen LogP contribution in [0.15, 0.2) is 52.5 Å². The Labute approximate surface area is 220 Å². The monoisotopic (exact) mass is 571 g/mol. The Kier molecular flexibility index (Phi) is 6.68. The van der Waals surface area contributed by atoms with Crippen molar-refractivity contribution in [2.24, 2.45) is 0 Å². The number of anilines is 1. The number of hydrogen-bond donors (Lipinski definition) is 2. The van der Waals surface area contributed by atoms with Gasteiger partial charge in [-0.05, 0) is 92.7 Å². The van der Waals surface area contributed by atoms with E-state index in [1.807, 2.05) is 37.5 Å². The Balaban J connectivity index is 1.77. The highest BCUT2D eigenvalue weighted by molar-refractivity contribution is 9.10. The second-order valence-electron chi connectivity index (χ2n) is 8.02. The maximum Gasteiger partial charge on any atom is 0.337 e. The number of amides is 2. The molecule has 35 heavy (non-hydrogen) atoms. The Morgan fingerprint density at radius 1 is 1.11 bits per heavy atom. The molecule has 7 nitrogen and oxygen atoms in total. The lowest BCUT2D eigenvalue weighted by atomic mass is 10.1. The standard InChI is InChI=1S/C25H19BrClN3O4S/c1-12-8-16(26)4-7-21(12)30-23(32)19(22(31)28-25(30)35)10-15-9-13(2)29(14(15)3)17-5-6-18(24(33)34)20(27)11-17/h4-11H,1-3H3,(H,33,34)(H,28,31,35)/b19-10-. The minimum absolute atomic E-state index is 0.00369. The van der Waals surface area contributed by atoms with Gasteiger partial charge in [0.1, 0.15) is 5.57 Å². The highest BCUT2D eigenvalue weighted by Gasteiger charge is 2.35. The normalized spacial score (nSPS) is 15.1. The quantitative estimate of drug-likeness (QED) is 0.250. The van der Waals surface area contributed by atoms with E-state index in [0.29, 0.717) is 16.9 Å². The van der Waals surface area contributed by atoms with E-state index in [9.17, 15) is 19.5 Å². The molecule has 0 bridgehead atoms. The lowest BCUT2D eigenvalue weighted by Crippen LogP contribution is -2.54. The molecule has 2 heterocycles. The maximum absolute atomic E-state index is 13.4. The zero-order chi connectivity index (χ0) is 25.6. The molecule has 2 amide bonds. The van der Waals surface area contributed by atoms with Crippen LogP contribution in [0.25, 0.3) is 11.8 Å². The van der Waals surface area contributed by atoms with Crippen molar-refractivity contribution in [3.8, 4) is 5.69 Å². The molecule has 0 spiro atoms. The van der Waals surface area contributed by atoms with Crippen LogP contribution in [0.5, 0.6) is 0 Å². The number of carboxylic acid groups (broad SMARTS) is 1. The third-order valence-electron chi connectivity index (χ3n) is 5.71. The van der Waals surface area contributed by atoms with Crippen molar-refractivity contribution in [1.29, 1.82) is 0 Å². The van der Waals surface area contributed by atoms with Gasteiger partial charge in [-0.2, -0.15) is 0 Å². The topological polar surface area (TPSA) is 91.6 Å². The summed E-state index contributed by atoms with van der Waals surface area (Å²) < 4.78 is 2.73. The van der Waals surface area contributed by atoms with Crippen molar-refractivity contribution in [3.05, 3.63) is 85.6 Å². The summed E-state index contributed by atoms with van der Waals surface area (Å²) in [6.07, 6.45) is 1.53. The molecular formula is C25H19BrClN3O4S. The largest absolute Gasteiger partial charge is 0.478 e. The van der Waals surface area contributed by atoms with Gasteiger partial charge in [0.2, 0.25) is 0 Å². The van der Waals surface area contributed by atoms with Gasteiger partial charge in [-0.1, -0.05) is 27.5 Å². The number of rotatable bonds is 4. The molecule has 2 N–H and O–H groups in total. The smallest absolute Gasteiger partial charge is 0.337 e. The predicted octanol–water partition coefficient (Wildman–Crippen LogP) is 5.35. The number of aromatic carboxylic acids is 1. The van der Waals surface area contributed by atoms with E-state index in [0.717, 1.165) is 21.4 Å². The molecule has 1 saturated heterocycles. The van der Waals surface area contributed by atoms with E-state index >= 15 is 0 Å². The van der Waals surface area contributed by atoms with Crippen molar-refractivity contribution < 1.29 is 19.5 Å². The van der Waals surface area contributed by atoms with Crippen LogP contribution in [0.2, 0.25) is 5.02 Å². The summed E-state index contributed by atoms with van der Waals surface area (Å²) in [5.41, 5.74) is 4.21. The second kappa shape index (κ2) is 9.41. The minimum atomic E-state index is -1.11. The number of aromatic nitrogens is 1. The van der Waals surface area contributed by atoms with Gasteiger partial charge < -0.3 is 9.67 Å². The number of thiocarbonyl (C=S) groups is 1. The average Bonchev–Trinajstić information content (AvgIpc) is 3.05. The fraction of sp³-hybridized carbons (Fsp3) is 0.120. The van der Waals surface area contributed by atoms with Gasteiger partial charge in [0.05, 0.1) is 16.3 Å². The summed E-state index contributed by atoms with van der Waals surface area (Å²) in [7, 11) is 0. The molecule has 0 unspecified atom stereocenters. The number of carbonyl (C=O) groups is 3. The van der Waals surface area contributed by atoms with Crippen LogP contribution in [0.3, 0.4) is 0 Å². The molecule has 178 valence electrons. The molecule has 1 aromatic heterocycles. The van der Waals surface area contributed by atoms with Crippen LogP contribution in [0.4, 0.5) is 5.69 Å². The summed E-state index contributed by atoms with van der Waals surface area (Å²) in [5, 5.41) is 12.0.